The Hall–Kier alpha value is -4.62. The second-order valence-corrected chi connectivity index (χ2v) is 22.0. The second-order valence-electron chi connectivity index (χ2n) is 22.0. The van der Waals surface area contributed by atoms with Gasteiger partial charge in [0.25, 0.3) is 0 Å². The Morgan fingerprint density at radius 2 is 0.783 bits per heavy atom. The SMILES string of the molecule is CC/C=C\C/C=C\C/C=C\C/C=C\C/C=C\C/C=C\CCC(=O)OCC(COC1OC(C(=O)O)C(O)C(O)C1OC(=O)CCCCCCCCCCCCCCCCC)OC(=O)CCCCCCCC/C=C\C/C=C\C/C=C\CCCCC. The van der Waals surface area contributed by atoms with Crippen LogP contribution in [0.25, 0.3) is 0 Å². The topological polar surface area (TPSA) is 175 Å². The third kappa shape index (κ3) is 47.3. The number of hydrogen-bond donors (Lipinski definition) is 3. The highest BCUT2D eigenvalue weighted by atomic mass is 16.7. The summed E-state index contributed by atoms with van der Waals surface area (Å²) >= 11 is 0. The van der Waals surface area contributed by atoms with Gasteiger partial charge in [-0.1, -0.05) is 259 Å². The van der Waals surface area contributed by atoms with Crippen molar-refractivity contribution in [2.45, 2.75) is 302 Å². The number of aliphatic hydroxyl groups is 2. The molecule has 1 aliphatic rings. The van der Waals surface area contributed by atoms with Crippen LogP contribution < -0.4 is 0 Å². The second kappa shape index (κ2) is 57.8. The summed E-state index contributed by atoms with van der Waals surface area (Å²) in [4.78, 5) is 51.3. The molecule has 0 aromatic rings. The Kier molecular flexibility index (Phi) is 53.2. The predicted molar refractivity (Wildman–Crippen MR) is 340 cm³/mol. The fourth-order valence-electron chi connectivity index (χ4n) is 9.34. The molecule has 6 atom stereocenters. The molecule has 12 heteroatoms. The van der Waals surface area contributed by atoms with E-state index < -0.39 is 67.3 Å². The fraction of sp³-hybridized carbons (Fsp3) is 0.690. The molecule has 0 aromatic carbocycles. The molecule has 1 saturated heterocycles. The third-order valence-corrected chi connectivity index (χ3v) is 14.3. The van der Waals surface area contributed by atoms with Crippen molar-refractivity contribution in [2.24, 2.45) is 0 Å². The Bertz CT molecular complexity index is 1860. The molecule has 1 fully saturated rings. The molecular formula is C71H116O12. The average molecular weight is 1160 g/mol. The summed E-state index contributed by atoms with van der Waals surface area (Å²) in [6.07, 6.45) is 66.2. The number of esters is 3. The van der Waals surface area contributed by atoms with Crippen molar-refractivity contribution in [1.82, 2.24) is 0 Å². The van der Waals surface area contributed by atoms with Crippen molar-refractivity contribution in [3.63, 3.8) is 0 Å². The van der Waals surface area contributed by atoms with Gasteiger partial charge in [0.05, 0.1) is 6.61 Å². The predicted octanol–water partition coefficient (Wildman–Crippen LogP) is 17.8. The van der Waals surface area contributed by atoms with E-state index in [1.54, 1.807) is 0 Å². The van der Waals surface area contributed by atoms with Gasteiger partial charge in [0.2, 0.25) is 0 Å². The van der Waals surface area contributed by atoms with E-state index >= 15 is 0 Å². The summed E-state index contributed by atoms with van der Waals surface area (Å²) in [6, 6.07) is 0. The van der Waals surface area contributed by atoms with Gasteiger partial charge in [-0.3, -0.25) is 14.4 Å². The number of carboxylic acid groups (broad SMARTS) is 1. The molecule has 0 amide bonds. The summed E-state index contributed by atoms with van der Waals surface area (Å²) in [5.74, 6) is -3.25. The van der Waals surface area contributed by atoms with Gasteiger partial charge < -0.3 is 39.0 Å². The molecule has 83 heavy (non-hydrogen) atoms. The molecule has 1 heterocycles. The van der Waals surface area contributed by atoms with E-state index in [-0.39, 0.29) is 25.9 Å². The van der Waals surface area contributed by atoms with Crippen molar-refractivity contribution in [1.29, 1.82) is 0 Å². The molecular weight excluding hydrogens is 1040 g/mol. The van der Waals surface area contributed by atoms with Gasteiger partial charge >= 0.3 is 23.9 Å². The summed E-state index contributed by atoms with van der Waals surface area (Å²) in [6.45, 7) is 5.80. The van der Waals surface area contributed by atoms with E-state index in [1.165, 1.54) is 89.9 Å². The van der Waals surface area contributed by atoms with Crippen molar-refractivity contribution in [3.05, 3.63) is 109 Å². The molecule has 0 aromatic heterocycles. The first-order valence-corrected chi connectivity index (χ1v) is 32.9. The maximum absolute atomic E-state index is 13.2. The number of hydrogen-bond acceptors (Lipinski definition) is 11. The summed E-state index contributed by atoms with van der Waals surface area (Å²) < 4.78 is 28.4. The van der Waals surface area contributed by atoms with Gasteiger partial charge in [-0.15, -0.1) is 0 Å². The monoisotopic (exact) mass is 1160 g/mol. The van der Waals surface area contributed by atoms with Gasteiger partial charge in [-0.2, -0.15) is 0 Å². The van der Waals surface area contributed by atoms with E-state index in [9.17, 15) is 34.5 Å². The van der Waals surface area contributed by atoms with E-state index in [0.717, 1.165) is 116 Å². The maximum Gasteiger partial charge on any atom is 0.335 e. The lowest BCUT2D eigenvalue weighted by Gasteiger charge is -2.40. The standard InChI is InChI=1S/C71H116O12/c1-4-7-10-13-16-19-22-25-28-30-32-34-37-39-42-45-48-51-54-57-63(72)79-60-62(81-64(73)58-55-52-49-46-43-41-38-35-33-31-29-26-23-20-17-14-11-8-5-2)61-80-71-69(67(76)66(75)68(83-71)70(77)78)82-65(74)59-56-53-50-47-44-40-36-27-24-21-18-15-12-9-6-3/h7,10,16-17,19-20,25-26,28-29,32-35,39,42,48,51,62,66-69,71,75-76H,4-6,8-9,11-15,18,21-24,27,30-31,36-38,40-41,43-47,49-50,52-61H2,1-3H3,(H,77,78)/b10-7-,19-16-,20-17-,28-25-,29-26-,34-32-,35-33-,42-39-,51-48-. The lowest BCUT2D eigenvalue weighted by Crippen LogP contribution is -2.61. The van der Waals surface area contributed by atoms with Gasteiger partial charge in [-0.05, 0) is 96.3 Å². The fourth-order valence-corrected chi connectivity index (χ4v) is 9.34. The van der Waals surface area contributed by atoms with Crippen molar-refractivity contribution in [3.8, 4) is 0 Å². The van der Waals surface area contributed by atoms with Crippen LogP contribution in [0.3, 0.4) is 0 Å². The zero-order chi connectivity index (χ0) is 60.3. The van der Waals surface area contributed by atoms with Crippen LogP contribution in [0.15, 0.2) is 109 Å². The largest absolute Gasteiger partial charge is 0.479 e. The Morgan fingerprint density at radius 3 is 1.23 bits per heavy atom. The number of ether oxygens (including phenoxy) is 5. The van der Waals surface area contributed by atoms with E-state index in [0.29, 0.717) is 19.3 Å². The zero-order valence-electron chi connectivity index (χ0n) is 52.2. The van der Waals surface area contributed by atoms with Crippen LogP contribution in [0.4, 0.5) is 0 Å². The number of carbonyl (C=O) groups excluding carboxylic acids is 3. The quantitative estimate of drug-likeness (QED) is 0.0228. The van der Waals surface area contributed by atoms with Crippen LogP contribution in [0.1, 0.15) is 265 Å². The smallest absolute Gasteiger partial charge is 0.335 e. The maximum atomic E-state index is 13.2. The number of carboxylic acids is 1. The first kappa shape index (κ1) is 76.4. The summed E-state index contributed by atoms with van der Waals surface area (Å²) in [5.41, 5.74) is 0. The minimum Gasteiger partial charge on any atom is -0.479 e. The summed E-state index contributed by atoms with van der Waals surface area (Å²) in [5, 5.41) is 31.6. The molecule has 472 valence electrons. The number of aliphatic carboxylic acids is 1. The van der Waals surface area contributed by atoms with Crippen LogP contribution >= 0.6 is 0 Å². The van der Waals surface area contributed by atoms with Gasteiger partial charge in [0, 0.05) is 19.3 Å². The highest BCUT2D eigenvalue weighted by Crippen LogP contribution is 2.26. The molecule has 1 rings (SSSR count). The number of rotatable bonds is 55. The molecule has 12 nitrogen and oxygen atoms in total. The number of allylic oxidation sites excluding steroid dienone is 18. The van der Waals surface area contributed by atoms with Crippen LogP contribution in [0.2, 0.25) is 0 Å². The lowest BCUT2D eigenvalue weighted by atomic mass is 9.98. The highest BCUT2D eigenvalue weighted by molar-refractivity contribution is 5.74. The molecule has 0 aliphatic carbocycles. The first-order valence-electron chi connectivity index (χ1n) is 32.9. The Morgan fingerprint density at radius 1 is 0.410 bits per heavy atom. The van der Waals surface area contributed by atoms with E-state index in [1.807, 2.05) is 12.2 Å². The van der Waals surface area contributed by atoms with Crippen LogP contribution in [-0.2, 0) is 42.9 Å². The highest BCUT2D eigenvalue weighted by Gasteiger charge is 2.50. The Labute approximate surface area is 504 Å². The average Bonchev–Trinajstić information content (AvgIpc) is 3.58. The number of aliphatic hydroxyl groups excluding tert-OH is 2. The van der Waals surface area contributed by atoms with E-state index in [2.05, 4.69) is 118 Å². The minimum absolute atomic E-state index is 0.0503. The zero-order valence-corrected chi connectivity index (χ0v) is 52.2. The summed E-state index contributed by atoms with van der Waals surface area (Å²) in [7, 11) is 0. The van der Waals surface area contributed by atoms with Gasteiger partial charge in [0.1, 0.15) is 18.8 Å². The normalized spacial score (nSPS) is 18.3. The van der Waals surface area contributed by atoms with Crippen molar-refractivity contribution in [2.75, 3.05) is 13.2 Å². The van der Waals surface area contributed by atoms with Crippen molar-refractivity contribution >= 4 is 23.9 Å². The lowest BCUT2D eigenvalue weighted by molar-refractivity contribution is -0.301. The molecule has 3 N–H and O–H groups in total. The molecule has 0 saturated carbocycles. The molecule has 0 spiro atoms. The van der Waals surface area contributed by atoms with Crippen LogP contribution in [0.5, 0.6) is 0 Å². The van der Waals surface area contributed by atoms with Gasteiger partial charge in [-0.25, -0.2) is 4.79 Å². The van der Waals surface area contributed by atoms with Crippen LogP contribution in [-0.4, -0.2) is 89.2 Å². The number of unbranched alkanes of at least 4 members (excludes halogenated alkanes) is 23. The van der Waals surface area contributed by atoms with E-state index in [4.69, 9.17) is 23.7 Å². The first-order chi connectivity index (χ1) is 40.6. The number of carbonyl (C=O) groups is 4. The molecule has 0 bridgehead atoms. The van der Waals surface area contributed by atoms with Crippen molar-refractivity contribution < 1.29 is 58.2 Å². The molecule has 0 radical (unpaired) electrons. The van der Waals surface area contributed by atoms with Gasteiger partial charge in [0.15, 0.2) is 24.6 Å². The molecule has 6 unspecified atom stereocenters. The van der Waals surface area contributed by atoms with Crippen LogP contribution in [0, 0.1) is 0 Å². The minimum atomic E-state index is -1.92. The Balaban J connectivity index is 2.72. The molecule has 1 aliphatic heterocycles. The third-order valence-electron chi connectivity index (χ3n) is 14.3.